The van der Waals surface area contributed by atoms with E-state index in [1.165, 1.54) is 0 Å². The molecule has 0 aliphatic carbocycles. The van der Waals surface area contributed by atoms with Gasteiger partial charge in [0.2, 0.25) is 0 Å². The lowest BCUT2D eigenvalue weighted by molar-refractivity contribution is -0.143. The minimum Gasteiger partial charge on any atom is -0.489 e. The van der Waals surface area contributed by atoms with Crippen molar-refractivity contribution in [2.75, 3.05) is 0 Å². The summed E-state index contributed by atoms with van der Waals surface area (Å²) in [5.41, 5.74) is -1.02. The lowest BCUT2D eigenvalue weighted by atomic mass is 9.89. The Hall–Kier alpha value is -2.96. The molecule has 0 N–H and O–H groups in total. The van der Waals surface area contributed by atoms with Gasteiger partial charge in [0.05, 0.1) is 11.1 Å². The molecule has 1 unspecified atom stereocenters. The maximum Gasteiger partial charge on any atom is 0.416 e. The number of benzene rings is 3. The number of alkyl halides is 6. The zero-order chi connectivity index (χ0) is 22.6. The van der Waals surface area contributed by atoms with Crippen LogP contribution in [0.2, 0.25) is 0 Å². The van der Waals surface area contributed by atoms with Gasteiger partial charge in [-0.2, -0.15) is 26.3 Å². The van der Waals surface area contributed by atoms with Crippen LogP contribution in [0, 0.1) is 0 Å². The van der Waals surface area contributed by atoms with Crippen LogP contribution < -0.4 is 4.74 Å². The third kappa shape index (κ3) is 5.60. The van der Waals surface area contributed by atoms with Gasteiger partial charge in [0.1, 0.15) is 12.4 Å². The summed E-state index contributed by atoms with van der Waals surface area (Å²) in [5.74, 6) is 0.432. The summed E-state index contributed by atoms with van der Waals surface area (Å²) >= 11 is 0. The van der Waals surface area contributed by atoms with E-state index < -0.39 is 30.1 Å². The quantitative estimate of drug-likeness (QED) is 0.356. The molecular weight excluding hydrogens is 418 g/mol. The minimum atomic E-state index is -4.93. The van der Waals surface area contributed by atoms with Crippen molar-refractivity contribution in [2.45, 2.75) is 38.2 Å². The molecule has 0 fully saturated rings. The maximum absolute atomic E-state index is 13.3. The molecular formula is C24H20F6O. The Bertz CT molecular complexity index is 1010. The fraction of sp³-hybridized carbons (Fsp3) is 0.250. The summed E-state index contributed by atoms with van der Waals surface area (Å²) in [6, 6.07) is 18.4. The van der Waals surface area contributed by atoms with Crippen LogP contribution in [0.3, 0.4) is 0 Å². The second-order valence-electron chi connectivity index (χ2n) is 7.10. The highest BCUT2D eigenvalue weighted by Crippen LogP contribution is 2.38. The molecule has 1 atom stereocenters. The Labute approximate surface area is 176 Å². The molecule has 0 aliphatic heterocycles. The zero-order valence-corrected chi connectivity index (χ0v) is 16.6. The number of halogens is 6. The Morgan fingerprint density at radius 2 is 1.42 bits per heavy atom. The third-order valence-electron chi connectivity index (χ3n) is 5.01. The number of rotatable bonds is 6. The van der Waals surface area contributed by atoms with Gasteiger partial charge in [-0.25, -0.2) is 0 Å². The third-order valence-corrected chi connectivity index (χ3v) is 5.01. The van der Waals surface area contributed by atoms with Crippen molar-refractivity contribution in [1.29, 1.82) is 0 Å². The number of hydrogen-bond acceptors (Lipinski definition) is 1. The first-order valence-electron chi connectivity index (χ1n) is 9.64. The summed E-state index contributed by atoms with van der Waals surface area (Å²) < 4.78 is 84.0. The van der Waals surface area contributed by atoms with E-state index >= 15 is 0 Å². The predicted octanol–water partition coefficient (Wildman–Crippen LogP) is 7.85. The average Bonchev–Trinajstić information content (AvgIpc) is 2.72. The van der Waals surface area contributed by atoms with E-state index in [2.05, 4.69) is 0 Å². The fourth-order valence-corrected chi connectivity index (χ4v) is 3.47. The van der Waals surface area contributed by atoms with Gasteiger partial charge in [0.25, 0.3) is 0 Å². The predicted molar refractivity (Wildman–Crippen MR) is 106 cm³/mol. The number of hydrogen-bond donors (Lipinski definition) is 0. The second kappa shape index (κ2) is 9.04. The van der Waals surface area contributed by atoms with E-state index in [1.54, 1.807) is 18.2 Å². The summed E-state index contributed by atoms with van der Waals surface area (Å²) in [7, 11) is 0. The van der Waals surface area contributed by atoms with Crippen LogP contribution in [0.5, 0.6) is 5.75 Å². The molecule has 0 amide bonds. The topological polar surface area (TPSA) is 9.23 Å². The van der Waals surface area contributed by atoms with Crippen molar-refractivity contribution >= 4 is 0 Å². The molecule has 0 saturated heterocycles. The van der Waals surface area contributed by atoms with E-state index in [0.29, 0.717) is 11.8 Å². The molecule has 0 aliphatic rings. The van der Waals surface area contributed by atoms with Gasteiger partial charge < -0.3 is 4.74 Å². The van der Waals surface area contributed by atoms with E-state index in [1.807, 2.05) is 43.3 Å². The molecule has 164 valence electrons. The summed E-state index contributed by atoms with van der Waals surface area (Å²) in [6.45, 7) is 1.53. The molecule has 3 aromatic rings. The molecule has 0 saturated carbocycles. The normalized spacial score (nSPS) is 13.1. The molecule has 0 bridgehead atoms. The molecule has 3 aromatic carbocycles. The van der Waals surface area contributed by atoms with Crippen LogP contribution in [0.15, 0.2) is 72.8 Å². The Kier molecular flexibility index (Phi) is 6.62. The SMILES string of the molecule is CCC(c1ccccc1)c1cccc(OCc2ccc(C(F)(F)F)cc2C(F)(F)F)c1. The summed E-state index contributed by atoms with van der Waals surface area (Å²) in [6.07, 6.45) is -8.98. The molecule has 0 heterocycles. The van der Waals surface area contributed by atoms with Crippen molar-refractivity contribution < 1.29 is 31.1 Å². The first kappa shape index (κ1) is 22.7. The molecule has 3 rings (SSSR count). The van der Waals surface area contributed by atoms with E-state index in [0.717, 1.165) is 23.6 Å². The van der Waals surface area contributed by atoms with Crippen LogP contribution in [-0.2, 0) is 19.0 Å². The van der Waals surface area contributed by atoms with Gasteiger partial charge in [-0.1, -0.05) is 55.5 Å². The van der Waals surface area contributed by atoms with Gasteiger partial charge >= 0.3 is 12.4 Å². The highest BCUT2D eigenvalue weighted by atomic mass is 19.4. The standard InChI is InChI=1S/C24H20F6O/c1-2-21(16-7-4-3-5-8-16)17-9-6-10-20(13-17)31-15-18-11-12-19(23(25,26)27)14-22(18)24(28,29)30/h3-14,21H,2,15H2,1H3. The van der Waals surface area contributed by atoms with Crippen LogP contribution in [0.1, 0.15) is 47.1 Å². The Morgan fingerprint density at radius 1 is 0.742 bits per heavy atom. The van der Waals surface area contributed by atoms with Crippen molar-refractivity contribution in [3.8, 4) is 5.75 Å². The van der Waals surface area contributed by atoms with Crippen LogP contribution in [0.25, 0.3) is 0 Å². The van der Waals surface area contributed by atoms with Crippen molar-refractivity contribution in [1.82, 2.24) is 0 Å². The minimum absolute atomic E-state index is 0.0848. The van der Waals surface area contributed by atoms with Crippen molar-refractivity contribution in [3.05, 3.63) is 101 Å². The lowest BCUT2D eigenvalue weighted by Crippen LogP contribution is -2.14. The van der Waals surface area contributed by atoms with Crippen LogP contribution >= 0.6 is 0 Å². The van der Waals surface area contributed by atoms with Crippen LogP contribution in [-0.4, -0.2) is 0 Å². The molecule has 0 radical (unpaired) electrons. The van der Waals surface area contributed by atoms with Gasteiger partial charge in [-0.3, -0.25) is 0 Å². The fourth-order valence-electron chi connectivity index (χ4n) is 3.47. The van der Waals surface area contributed by atoms with Crippen molar-refractivity contribution in [2.24, 2.45) is 0 Å². The second-order valence-corrected chi connectivity index (χ2v) is 7.10. The summed E-state index contributed by atoms with van der Waals surface area (Å²) in [4.78, 5) is 0. The largest absolute Gasteiger partial charge is 0.489 e. The monoisotopic (exact) mass is 438 g/mol. The number of ether oxygens (including phenoxy) is 1. The molecule has 0 spiro atoms. The van der Waals surface area contributed by atoms with Gasteiger partial charge in [0, 0.05) is 11.5 Å². The van der Waals surface area contributed by atoms with E-state index in [4.69, 9.17) is 4.74 Å². The Balaban J connectivity index is 1.84. The molecule has 7 heteroatoms. The molecule has 1 nitrogen and oxygen atoms in total. The van der Waals surface area contributed by atoms with Gasteiger partial charge in [-0.15, -0.1) is 0 Å². The summed E-state index contributed by atoms with van der Waals surface area (Å²) in [5, 5.41) is 0. The van der Waals surface area contributed by atoms with E-state index in [9.17, 15) is 26.3 Å². The van der Waals surface area contributed by atoms with Crippen LogP contribution in [0.4, 0.5) is 26.3 Å². The van der Waals surface area contributed by atoms with Gasteiger partial charge in [0.15, 0.2) is 0 Å². The molecule has 31 heavy (non-hydrogen) atoms. The first-order valence-corrected chi connectivity index (χ1v) is 9.64. The maximum atomic E-state index is 13.3. The first-order chi connectivity index (χ1) is 14.6. The van der Waals surface area contributed by atoms with E-state index in [-0.39, 0.29) is 17.5 Å². The lowest BCUT2D eigenvalue weighted by Gasteiger charge is -2.18. The van der Waals surface area contributed by atoms with Gasteiger partial charge in [-0.05, 0) is 41.8 Å². The Morgan fingerprint density at radius 3 is 2.03 bits per heavy atom. The smallest absolute Gasteiger partial charge is 0.416 e. The molecule has 0 aromatic heterocycles. The highest BCUT2D eigenvalue weighted by molar-refractivity contribution is 5.38. The zero-order valence-electron chi connectivity index (χ0n) is 16.6. The average molecular weight is 438 g/mol. The highest BCUT2D eigenvalue weighted by Gasteiger charge is 2.38. The van der Waals surface area contributed by atoms with Crippen molar-refractivity contribution in [3.63, 3.8) is 0 Å².